The zero-order chi connectivity index (χ0) is 17.0. The molecule has 1 atom stereocenters. The molecule has 1 aromatic heterocycles. The van der Waals surface area contributed by atoms with Crippen LogP contribution in [0.2, 0.25) is 0 Å². The van der Waals surface area contributed by atoms with Crippen molar-refractivity contribution in [1.82, 2.24) is 4.57 Å². The van der Waals surface area contributed by atoms with E-state index >= 15 is 0 Å². The Hall–Kier alpha value is -2.14. The number of para-hydroxylation sites is 1. The minimum absolute atomic E-state index is 0.0856. The van der Waals surface area contributed by atoms with E-state index in [1.807, 2.05) is 26.8 Å². The molecule has 5 heteroatoms. The minimum Gasteiger partial charge on any atom is -0.482 e. The number of benzene rings is 1. The Morgan fingerprint density at radius 1 is 1.30 bits per heavy atom. The highest BCUT2D eigenvalue weighted by molar-refractivity contribution is 5.98. The van der Waals surface area contributed by atoms with Crippen LogP contribution in [-0.4, -0.2) is 30.7 Å². The van der Waals surface area contributed by atoms with Crippen molar-refractivity contribution >= 4 is 5.78 Å². The van der Waals surface area contributed by atoms with Gasteiger partial charge in [-0.05, 0) is 39.0 Å². The highest BCUT2D eigenvalue weighted by atomic mass is 19.1. The van der Waals surface area contributed by atoms with E-state index < -0.39 is 5.82 Å². The Balaban J connectivity index is 2.14. The van der Waals surface area contributed by atoms with Crippen molar-refractivity contribution < 1.29 is 18.7 Å². The summed E-state index contributed by atoms with van der Waals surface area (Å²) in [6.45, 7) is 6.26. The number of methoxy groups -OCH3 is 1. The highest BCUT2D eigenvalue weighted by Crippen LogP contribution is 2.22. The van der Waals surface area contributed by atoms with Crippen LogP contribution in [0.1, 0.15) is 34.7 Å². The lowest BCUT2D eigenvalue weighted by Crippen LogP contribution is -2.16. The molecule has 0 aliphatic rings. The van der Waals surface area contributed by atoms with Gasteiger partial charge < -0.3 is 14.0 Å². The summed E-state index contributed by atoms with van der Waals surface area (Å²) in [4.78, 5) is 12.4. The fraction of sp³-hybridized carbons (Fsp3) is 0.389. The molecule has 0 fully saturated rings. The van der Waals surface area contributed by atoms with Crippen molar-refractivity contribution in [3.05, 3.63) is 53.1 Å². The zero-order valence-corrected chi connectivity index (χ0v) is 13.9. The summed E-state index contributed by atoms with van der Waals surface area (Å²) in [5.41, 5.74) is 2.46. The molecule has 1 aromatic carbocycles. The maximum atomic E-state index is 13.5. The van der Waals surface area contributed by atoms with Crippen molar-refractivity contribution in [3.63, 3.8) is 0 Å². The van der Waals surface area contributed by atoms with Crippen LogP contribution in [-0.2, 0) is 4.74 Å². The Morgan fingerprint density at radius 3 is 2.65 bits per heavy atom. The van der Waals surface area contributed by atoms with Crippen LogP contribution in [0.3, 0.4) is 0 Å². The van der Waals surface area contributed by atoms with Gasteiger partial charge in [-0.25, -0.2) is 4.39 Å². The number of carbonyl (C=O) groups excluding carboxylic acids is 1. The molecule has 0 aliphatic heterocycles. The Morgan fingerprint density at radius 2 is 2.00 bits per heavy atom. The van der Waals surface area contributed by atoms with Crippen LogP contribution < -0.4 is 4.74 Å². The molecule has 0 spiro atoms. The number of Topliss-reactive ketones (excluding diaryl/α,β-unsaturated/α-hetero) is 1. The third-order valence-corrected chi connectivity index (χ3v) is 3.83. The summed E-state index contributed by atoms with van der Waals surface area (Å²) in [6, 6.07) is 8.03. The third kappa shape index (κ3) is 3.79. The van der Waals surface area contributed by atoms with Gasteiger partial charge in [-0.1, -0.05) is 12.1 Å². The summed E-state index contributed by atoms with van der Waals surface area (Å²) in [6.07, 6.45) is 0. The first-order valence-electron chi connectivity index (χ1n) is 7.53. The van der Waals surface area contributed by atoms with E-state index in [9.17, 15) is 9.18 Å². The van der Waals surface area contributed by atoms with Gasteiger partial charge in [0.25, 0.3) is 0 Å². The molecule has 1 heterocycles. The molecular weight excluding hydrogens is 297 g/mol. The molecule has 0 aliphatic carbocycles. The second-order valence-electron chi connectivity index (χ2n) is 5.60. The second kappa shape index (κ2) is 7.42. The van der Waals surface area contributed by atoms with Gasteiger partial charge in [0, 0.05) is 24.1 Å². The topological polar surface area (TPSA) is 40.5 Å². The van der Waals surface area contributed by atoms with E-state index in [0.29, 0.717) is 12.2 Å². The van der Waals surface area contributed by atoms with Gasteiger partial charge in [-0.15, -0.1) is 0 Å². The Kier molecular flexibility index (Phi) is 5.55. The summed E-state index contributed by atoms with van der Waals surface area (Å²) >= 11 is 0. The van der Waals surface area contributed by atoms with Gasteiger partial charge in [0.05, 0.1) is 12.6 Å². The fourth-order valence-electron chi connectivity index (χ4n) is 2.84. The van der Waals surface area contributed by atoms with Crippen LogP contribution in [0.5, 0.6) is 5.75 Å². The van der Waals surface area contributed by atoms with E-state index in [1.165, 1.54) is 12.1 Å². The summed E-state index contributed by atoms with van der Waals surface area (Å²) in [5.74, 6) is -0.556. The third-order valence-electron chi connectivity index (χ3n) is 3.83. The number of carbonyl (C=O) groups is 1. The summed E-state index contributed by atoms with van der Waals surface area (Å²) in [7, 11) is 1.65. The number of aryl methyl sites for hydroxylation is 1. The Labute approximate surface area is 135 Å². The number of ketones is 1. The number of halogens is 1. The molecule has 124 valence electrons. The normalized spacial score (nSPS) is 12.2. The number of hydrogen-bond donors (Lipinski definition) is 0. The van der Waals surface area contributed by atoms with Gasteiger partial charge >= 0.3 is 0 Å². The van der Waals surface area contributed by atoms with Crippen LogP contribution in [0.15, 0.2) is 30.3 Å². The predicted molar refractivity (Wildman–Crippen MR) is 86.7 cm³/mol. The van der Waals surface area contributed by atoms with Crippen molar-refractivity contribution in [3.8, 4) is 5.75 Å². The second-order valence-corrected chi connectivity index (χ2v) is 5.60. The molecule has 1 unspecified atom stereocenters. The summed E-state index contributed by atoms with van der Waals surface area (Å²) < 4.78 is 26.1. The number of nitrogens with zero attached hydrogens (tertiary/aromatic N) is 1. The molecule has 2 aromatic rings. The molecule has 0 radical (unpaired) electrons. The first-order chi connectivity index (χ1) is 11.0. The molecule has 0 saturated carbocycles. The molecule has 4 nitrogen and oxygen atoms in total. The lowest BCUT2D eigenvalue weighted by molar-refractivity contribution is 0.0917. The first kappa shape index (κ1) is 17.2. The molecule has 0 saturated heterocycles. The molecule has 0 amide bonds. The van der Waals surface area contributed by atoms with E-state index in [0.717, 1.165) is 11.4 Å². The van der Waals surface area contributed by atoms with Gasteiger partial charge in [0.1, 0.15) is 0 Å². The molecule has 0 N–H and O–H groups in total. The Bertz CT molecular complexity index is 694. The number of hydrogen-bond acceptors (Lipinski definition) is 3. The largest absolute Gasteiger partial charge is 0.482 e. The first-order valence-corrected chi connectivity index (χ1v) is 7.53. The lowest BCUT2D eigenvalue weighted by Gasteiger charge is -2.17. The van der Waals surface area contributed by atoms with Gasteiger partial charge in [-0.2, -0.15) is 0 Å². The quantitative estimate of drug-likeness (QED) is 0.730. The maximum absolute atomic E-state index is 13.5. The van der Waals surface area contributed by atoms with Crippen LogP contribution in [0, 0.1) is 19.7 Å². The number of rotatable bonds is 7. The molecule has 23 heavy (non-hydrogen) atoms. The molecule has 0 bridgehead atoms. The van der Waals surface area contributed by atoms with Crippen molar-refractivity contribution in [2.75, 3.05) is 20.3 Å². The van der Waals surface area contributed by atoms with Crippen LogP contribution >= 0.6 is 0 Å². The standard InChI is InChI=1S/C18H22FNO3/c1-12-9-15(14(3)20(12)13(2)10-22-4)17(21)11-23-18-8-6-5-7-16(18)19/h5-9,13H,10-11H2,1-4H3. The van der Waals surface area contributed by atoms with Crippen molar-refractivity contribution in [2.24, 2.45) is 0 Å². The lowest BCUT2D eigenvalue weighted by atomic mass is 10.1. The average molecular weight is 319 g/mol. The van der Waals surface area contributed by atoms with Crippen molar-refractivity contribution in [1.29, 1.82) is 0 Å². The van der Waals surface area contributed by atoms with E-state index in [-0.39, 0.29) is 24.2 Å². The van der Waals surface area contributed by atoms with E-state index in [4.69, 9.17) is 9.47 Å². The van der Waals surface area contributed by atoms with Gasteiger partial charge in [-0.3, -0.25) is 4.79 Å². The smallest absolute Gasteiger partial charge is 0.202 e. The highest BCUT2D eigenvalue weighted by Gasteiger charge is 2.19. The van der Waals surface area contributed by atoms with E-state index in [2.05, 4.69) is 4.57 Å². The number of aromatic nitrogens is 1. The monoisotopic (exact) mass is 319 g/mol. The minimum atomic E-state index is -0.473. The number of ether oxygens (including phenoxy) is 2. The molecular formula is C18H22FNO3. The zero-order valence-electron chi connectivity index (χ0n) is 13.9. The van der Waals surface area contributed by atoms with E-state index in [1.54, 1.807) is 19.2 Å². The SMILES string of the molecule is COCC(C)n1c(C)cc(C(=O)COc2ccccc2F)c1C. The predicted octanol–water partition coefficient (Wildman–Crippen LogP) is 3.71. The summed E-state index contributed by atoms with van der Waals surface area (Å²) in [5, 5.41) is 0. The van der Waals surface area contributed by atoms with Crippen LogP contribution in [0.4, 0.5) is 4.39 Å². The van der Waals surface area contributed by atoms with Gasteiger partial charge in [0.15, 0.2) is 18.2 Å². The maximum Gasteiger partial charge on any atom is 0.202 e. The van der Waals surface area contributed by atoms with Crippen LogP contribution in [0.25, 0.3) is 0 Å². The van der Waals surface area contributed by atoms with Gasteiger partial charge in [0.2, 0.25) is 5.78 Å². The fourth-order valence-corrected chi connectivity index (χ4v) is 2.84. The molecule has 2 rings (SSSR count). The van der Waals surface area contributed by atoms with Crippen molar-refractivity contribution in [2.45, 2.75) is 26.8 Å². The average Bonchev–Trinajstić information content (AvgIpc) is 2.81.